The number of rotatable bonds is 5. The van der Waals surface area contributed by atoms with E-state index in [0.717, 1.165) is 30.2 Å². The standard InChI is InChI=1S/C8H9N6OS2.C8H7O.Mn/c9-6-11-12-7(17-6)14-2-1-5(3-14)15-8-13-10-4-16-8;9-7-6-8-4-2-1-3-5-8;/h5H,1-3H2,(H2,9,11);1-5H,6H2;/q2*-1;+2/t5-;;/m0../s1. The third-order valence-electron chi connectivity index (χ3n) is 3.54. The summed E-state index contributed by atoms with van der Waals surface area (Å²) in [4.78, 5) is 12.0. The molecule has 0 bridgehead atoms. The fraction of sp³-hybridized carbons (Fsp3) is 0.312. The van der Waals surface area contributed by atoms with E-state index in [1.165, 1.54) is 22.7 Å². The summed E-state index contributed by atoms with van der Waals surface area (Å²) in [5, 5.41) is 17.1. The first-order valence-electron chi connectivity index (χ1n) is 7.83. The topological polar surface area (TPSA) is 107 Å². The van der Waals surface area contributed by atoms with Crippen LogP contribution in [0.25, 0.3) is 0 Å². The number of hydrogen-bond acceptors (Lipinski definition) is 10. The number of ether oxygens (including phenoxy) is 1. The molecule has 27 heavy (non-hydrogen) atoms. The molecular weight excluding hydrogens is 427 g/mol. The molecule has 2 N–H and O–H groups in total. The molecular formula is C16H16MnN6O2S2. The zero-order valence-electron chi connectivity index (χ0n) is 14.1. The van der Waals surface area contributed by atoms with Crippen LogP contribution in [-0.4, -0.2) is 45.9 Å². The number of aromatic nitrogens is 4. The van der Waals surface area contributed by atoms with Gasteiger partial charge in [0.1, 0.15) is 5.19 Å². The monoisotopic (exact) mass is 443 g/mol. The van der Waals surface area contributed by atoms with Crippen LogP contribution in [0.4, 0.5) is 10.3 Å². The van der Waals surface area contributed by atoms with Crippen molar-refractivity contribution in [3.63, 3.8) is 0 Å². The Morgan fingerprint density at radius 3 is 2.74 bits per heavy atom. The molecule has 1 radical (unpaired) electrons. The maximum atomic E-state index is 9.85. The maximum Gasteiger partial charge on any atom is 2.00 e. The average molecular weight is 443 g/mol. The molecule has 0 amide bonds. The largest absolute Gasteiger partial charge is 2.00 e. The number of hydrogen-bond donors (Lipinski definition) is 1. The van der Waals surface area contributed by atoms with Crippen LogP contribution in [0, 0.1) is 5.51 Å². The Bertz CT molecular complexity index is 802. The van der Waals surface area contributed by atoms with Crippen molar-refractivity contribution in [2.24, 2.45) is 0 Å². The van der Waals surface area contributed by atoms with Crippen LogP contribution >= 0.6 is 22.7 Å². The molecule has 11 heteroatoms. The van der Waals surface area contributed by atoms with E-state index in [-0.39, 0.29) is 23.2 Å². The molecule has 1 saturated heterocycles. The van der Waals surface area contributed by atoms with Gasteiger partial charge in [-0.1, -0.05) is 52.7 Å². The number of nitrogens with two attached hydrogens (primary N) is 1. The summed E-state index contributed by atoms with van der Waals surface area (Å²) in [6.45, 7) is 1.66. The molecule has 8 nitrogen and oxygen atoms in total. The van der Waals surface area contributed by atoms with Crippen LogP contribution < -0.4 is 15.4 Å². The minimum absolute atomic E-state index is 0. The van der Waals surface area contributed by atoms with E-state index in [1.807, 2.05) is 36.6 Å². The van der Waals surface area contributed by atoms with Gasteiger partial charge in [0.25, 0.3) is 0 Å². The molecule has 2 aromatic heterocycles. The summed E-state index contributed by atoms with van der Waals surface area (Å²) in [5.74, 6) is 0. The van der Waals surface area contributed by atoms with Crippen LogP contribution in [0.5, 0.6) is 5.19 Å². The first-order chi connectivity index (χ1) is 12.7. The summed E-state index contributed by atoms with van der Waals surface area (Å²) in [6.07, 6.45) is 3.28. The van der Waals surface area contributed by atoms with Crippen molar-refractivity contribution in [1.82, 2.24) is 20.4 Å². The van der Waals surface area contributed by atoms with Gasteiger partial charge in [-0.05, 0) is 0 Å². The van der Waals surface area contributed by atoms with E-state index in [9.17, 15) is 4.79 Å². The number of anilines is 2. The van der Waals surface area contributed by atoms with Gasteiger partial charge >= 0.3 is 17.1 Å². The number of carbonyl (C=O) groups excluding carboxylic acids is 1. The summed E-state index contributed by atoms with van der Waals surface area (Å²) in [6, 6.07) is 9.56. The number of nitrogens with zero attached hydrogens (tertiary/aromatic N) is 5. The van der Waals surface area contributed by atoms with Gasteiger partial charge in [-0.3, -0.25) is 22.7 Å². The third-order valence-corrected chi connectivity index (χ3v) is 4.88. The van der Waals surface area contributed by atoms with Gasteiger partial charge in [-0.25, -0.2) is 5.10 Å². The van der Waals surface area contributed by atoms with Gasteiger partial charge in [0, 0.05) is 13.0 Å². The van der Waals surface area contributed by atoms with Gasteiger partial charge in [0.2, 0.25) is 10.3 Å². The smallest absolute Gasteiger partial charge is 0.549 e. The SMILES string of the molecule is Nc1nnc(N2CC[C@H](Oc3nn[c-]s3)C2)s1.O=[C-]Cc1ccccc1.[Mn+2]. The van der Waals surface area contributed by atoms with Gasteiger partial charge < -0.3 is 20.2 Å². The molecule has 3 heterocycles. The zero-order chi connectivity index (χ0) is 18.2. The second-order valence-corrected chi connectivity index (χ2v) is 7.09. The molecule has 0 unspecified atom stereocenters. The minimum Gasteiger partial charge on any atom is -0.549 e. The normalized spacial score (nSPS) is 15.4. The van der Waals surface area contributed by atoms with Gasteiger partial charge in [-0.15, -0.1) is 16.6 Å². The maximum absolute atomic E-state index is 9.85. The van der Waals surface area contributed by atoms with E-state index in [2.05, 4.69) is 30.8 Å². The summed E-state index contributed by atoms with van der Waals surface area (Å²) in [7, 11) is 0. The Morgan fingerprint density at radius 1 is 1.30 bits per heavy atom. The van der Waals surface area contributed by atoms with Gasteiger partial charge in [0.05, 0.1) is 12.6 Å². The number of nitrogen functional groups attached to an aromatic ring is 1. The van der Waals surface area contributed by atoms with Gasteiger partial charge in [0.15, 0.2) is 0 Å². The van der Waals surface area contributed by atoms with Crippen LogP contribution in [0.2, 0.25) is 0 Å². The molecule has 1 aromatic carbocycles. The van der Waals surface area contributed by atoms with E-state index >= 15 is 0 Å². The second kappa shape index (κ2) is 10.9. The van der Waals surface area contributed by atoms with Crippen molar-refractivity contribution in [3.8, 4) is 5.19 Å². The Morgan fingerprint density at radius 2 is 2.11 bits per heavy atom. The Labute approximate surface area is 175 Å². The Balaban J connectivity index is 0.000000224. The second-order valence-electron chi connectivity index (χ2n) is 5.36. The van der Waals surface area contributed by atoms with Crippen molar-refractivity contribution in [1.29, 1.82) is 0 Å². The average Bonchev–Trinajstić information content (AvgIpc) is 3.39. The van der Waals surface area contributed by atoms with E-state index in [0.29, 0.717) is 16.7 Å². The molecule has 1 atom stereocenters. The predicted molar refractivity (Wildman–Crippen MR) is 100 cm³/mol. The third kappa shape index (κ3) is 6.55. The fourth-order valence-corrected chi connectivity index (χ4v) is 3.43. The Hall–Kier alpha value is -2.07. The van der Waals surface area contributed by atoms with Crippen molar-refractivity contribution in [2.45, 2.75) is 18.9 Å². The van der Waals surface area contributed by atoms with Crippen molar-refractivity contribution >= 4 is 39.2 Å². The predicted octanol–water partition coefficient (Wildman–Crippen LogP) is 1.77. The molecule has 1 aliphatic heterocycles. The summed E-state index contributed by atoms with van der Waals surface area (Å²) >= 11 is 2.67. The van der Waals surface area contributed by atoms with Gasteiger partial charge in [-0.2, -0.15) is 0 Å². The van der Waals surface area contributed by atoms with Crippen molar-refractivity contribution < 1.29 is 26.6 Å². The molecule has 0 spiro atoms. The first-order valence-corrected chi connectivity index (χ1v) is 9.47. The molecule has 3 aromatic rings. The molecule has 1 fully saturated rings. The van der Waals surface area contributed by atoms with Crippen LogP contribution in [0.3, 0.4) is 0 Å². The fourth-order valence-electron chi connectivity index (χ4n) is 2.36. The van der Waals surface area contributed by atoms with E-state index < -0.39 is 0 Å². The van der Waals surface area contributed by atoms with Crippen LogP contribution in [0.15, 0.2) is 30.3 Å². The minimum atomic E-state index is 0. The zero-order valence-corrected chi connectivity index (χ0v) is 16.9. The number of benzene rings is 1. The molecule has 1 aliphatic rings. The quantitative estimate of drug-likeness (QED) is 0.470. The van der Waals surface area contributed by atoms with E-state index in [4.69, 9.17) is 10.5 Å². The molecule has 0 aliphatic carbocycles. The van der Waals surface area contributed by atoms with Crippen molar-refractivity contribution in [3.05, 3.63) is 41.4 Å². The van der Waals surface area contributed by atoms with E-state index in [1.54, 1.807) is 0 Å². The van der Waals surface area contributed by atoms with Crippen LogP contribution in [0.1, 0.15) is 12.0 Å². The summed E-state index contributed by atoms with van der Waals surface area (Å²) in [5.41, 5.74) is 9.23. The van der Waals surface area contributed by atoms with Crippen molar-refractivity contribution in [2.75, 3.05) is 23.7 Å². The first kappa shape index (κ1) is 21.2. The Kier molecular flexibility index (Phi) is 8.59. The molecule has 141 valence electrons. The molecule has 0 saturated carbocycles. The van der Waals surface area contributed by atoms with Crippen LogP contribution in [-0.2, 0) is 28.3 Å². The molecule has 4 rings (SSSR count). The summed E-state index contributed by atoms with van der Waals surface area (Å²) < 4.78 is 5.67.